The number of aromatic nitrogens is 2. The molecule has 0 unspecified atom stereocenters. The summed E-state index contributed by atoms with van der Waals surface area (Å²) in [5.74, 6) is -0.484. The summed E-state index contributed by atoms with van der Waals surface area (Å²) in [4.78, 5) is 19.4. The van der Waals surface area contributed by atoms with E-state index in [2.05, 4.69) is 9.97 Å². The van der Waals surface area contributed by atoms with Gasteiger partial charge in [0.05, 0.1) is 12.8 Å². The Balaban J connectivity index is 2.40. The topological polar surface area (TPSA) is 81.5 Å². The second-order valence-electron chi connectivity index (χ2n) is 4.13. The van der Waals surface area contributed by atoms with Crippen LogP contribution in [-0.4, -0.2) is 28.2 Å². The molecule has 0 aliphatic heterocycles. The van der Waals surface area contributed by atoms with Gasteiger partial charge in [-0.05, 0) is 26.0 Å². The Morgan fingerprint density at radius 3 is 2.55 bits per heavy atom. The van der Waals surface area contributed by atoms with Gasteiger partial charge in [0, 0.05) is 5.56 Å². The minimum atomic E-state index is -1.07. The van der Waals surface area contributed by atoms with E-state index in [0.717, 1.165) is 5.56 Å². The maximum absolute atomic E-state index is 11.1. The number of hydrogen-bond acceptors (Lipinski definition) is 5. The normalized spacial score (nSPS) is 10.2. The molecule has 0 atom stereocenters. The number of rotatable bonds is 4. The van der Waals surface area contributed by atoms with Crippen LogP contribution in [0.5, 0.6) is 17.6 Å². The highest BCUT2D eigenvalue weighted by Gasteiger charge is 2.14. The number of para-hydroxylation sites is 1. The molecule has 20 heavy (non-hydrogen) atoms. The predicted octanol–water partition coefficient (Wildman–Crippen LogP) is 2.59. The van der Waals surface area contributed by atoms with Crippen LogP contribution >= 0.6 is 0 Å². The highest BCUT2D eigenvalue weighted by atomic mass is 16.5. The first-order valence-corrected chi connectivity index (χ1v) is 5.92. The molecule has 1 aromatic carbocycles. The van der Waals surface area contributed by atoms with E-state index in [0.29, 0.717) is 11.6 Å². The zero-order valence-electron chi connectivity index (χ0n) is 11.4. The van der Waals surface area contributed by atoms with Crippen LogP contribution < -0.4 is 9.47 Å². The highest BCUT2D eigenvalue weighted by Crippen LogP contribution is 2.26. The van der Waals surface area contributed by atoms with Gasteiger partial charge in [-0.3, -0.25) is 0 Å². The van der Waals surface area contributed by atoms with Gasteiger partial charge in [0.1, 0.15) is 11.3 Å². The van der Waals surface area contributed by atoms with E-state index in [1.165, 1.54) is 13.2 Å². The molecule has 1 heterocycles. The summed E-state index contributed by atoms with van der Waals surface area (Å²) in [6.07, 6.45) is 0. The SMILES string of the molecule is COc1nc(Oc2ccccc2C(=O)O)nc(C)c1C. The zero-order valence-corrected chi connectivity index (χ0v) is 11.4. The van der Waals surface area contributed by atoms with Crippen molar-refractivity contribution >= 4 is 5.97 Å². The van der Waals surface area contributed by atoms with Crippen LogP contribution in [0.15, 0.2) is 24.3 Å². The van der Waals surface area contributed by atoms with Crippen molar-refractivity contribution in [2.45, 2.75) is 13.8 Å². The third kappa shape index (κ3) is 2.69. The van der Waals surface area contributed by atoms with E-state index in [1.54, 1.807) is 25.1 Å². The first kappa shape index (κ1) is 13.8. The van der Waals surface area contributed by atoms with Gasteiger partial charge >= 0.3 is 12.0 Å². The molecular formula is C14H14N2O4. The van der Waals surface area contributed by atoms with Gasteiger partial charge in [0.25, 0.3) is 0 Å². The average Bonchev–Trinajstić information content (AvgIpc) is 2.43. The Kier molecular flexibility index (Phi) is 3.84. The summed E-state index contributed by atoms with van der Waals surface area (Å²) in [5.41, 5.74) is 1.57. The molecule has 0 bridgehead atoms. The monoisotopic (exact) mass is 274 g/mol. The maximum Gasteiger partial charge on any atom is 0.339 e. The van der Waals surface area contributed by atoms with Gasteiger partial charge in [0.2, 0.25) is 5.88 Å². The Bertz CT molecular complexity index is 656. The lowest BCUT2D eigenvalue weighted by atomic mass is 10.2. The van der Waals surface area contributed by atoms with E-state index in [-0.39, 0.29) is 17.3 Å². The van der Waals surface area contributed by atoms with Crippen molar-refractivity contribution in [2.75, 3.05) is 7.11 Å². The molecule has 2 rings (SSSR count). The number of aryl methyl sites for hydroxylation is 1. The standard InChI is InChI=1S/C14H14N2O4/c1-8-9(2)15-14(16-12(8)19-3)20-11-7-5-4-6-10(11)13(17)18/h4-7H,1-3H3,(H,17,18). The molecule has 2 aromatic rings. The second-order valence-corrected chi connectivity index (χ2v) is 4.13. The fraction of sp³-hybridized carbons (Fsp3) is 0.214. The van der Waals surface area contributed by atoms with E-state index in [4.69, 9.17) is 14.6 Å². The third-order valence-corrected chi connectivity index (χ3v) is 2.84. The van der Waals surface area contributed by atoms with Crippen LogP contribution in [0, 0.1) is 13.8 Å². The molecule has 0 fully saturated rings. The van der Waals surface area contributed by atoms with Crippen molar-refractivity contribution in [1.29, 1.82) is 0 Å². The summed E-state index contributed by atoms with van der Waals surface area (Å²) < 4.78 is 10.6. The minimum absolute atomic E-state index is 0.0493. The van der Waals surface area contributed by atoms with Crippen LogP contribution in [0.3, 0.4) is 0 Å². The van der Waals surface area contributed by atoms with Crippen molar-refractivity contribution in [1.82, 2.24) is 9.97 Å². The maximum atomic E-state index is 11.1. The van der Waals surface area contributed by atoms with Crippen molar-refractivity contribution in [2.24, 2.45) is 0 Å². The lowest BCUT2D eigenvalue weighted by Gasteiger charge is -2.10. The van der Waals surface area contributed by atoms with Gasteiger partial charge in [-0.15, -0.1) is 0 Å². The average molecular weight is 274 g/mol. The third-order valence-electron chi connectivity index (χ3n) is 2.84. The minimum Gasteiger partial charge on any atom is -0.481 e. The summed E-state index contributed by atoms with van der Waals surface area (Å²) in [7, 11) is 1.50. The van der Waals surface area contributed by atoms with E-state index >= 15 is 0 Å². The molecule has 0 spiro atoms. The molecule has 104 valence electrons. The van der Waals surface area contributed by atoms with Crippen LogP contribution in [0.25, 0.3) is 0 Å². The van der Waals surface area contributed by atoms with Gasteiger partial charge in [-0.2, -0.15) is 9.97 Å². The molecular weight excluding hydrogens is 260 g/mol. The molecule has 6 heteroatoms. The quantitative estimate of drug-likeness (QED) is 0.922. The molecule has 0 aliphatic rings. The molecule has 1 N–H and O–H groups in total. The summed E-state index contributed by atoms with van der Waals surface area (Å²) >= 11 is 0. The lowest BCUT2D eigenvalue weighted by molar-refractivity contribution is 0.0694. The number of hydrogen-bond donors (Lipinski definition) is 1. The number of methoxy groups -OCH3 is 1. The number of carboxylic acid groups (broad SMARTS) is 1. The first-order valence-electron chi connectivity index (χ1n) is 5.92. The smallest absolute Gasteiger partial charge is 0.339 e. The molecule has 0 amide bonds. The number of aromatic carboxylic acids is 1. The lowest BCUT2D eigenvalue weighted by Crippen LogP contribution is -2.03. The summed E-state index contributed by atoms with van der Waals surface area (Å²) in [6.45, 7) is 3.64. The van der Waals surface area contributed by atoms with Crippen LogP contribution in [0.4, 0.5) is 0 Å². The van der Waals surface area contributed by atoms with Crippen molar-refractivity contribution in [3.63, 3.8) is 0 Å². The number of carboxylic acids is 1. The number of benzene rings is 1. The molecule has 0 radical (unpaired) electrons. The predicted molar refractivity (Wildman–Crippen MR) is 71.5 cm³/mol. The number of carbonyl (C=O) groups is 1. The van der Waals surface area contributed by atoms with Gasteiger partial charge in [-0.25, -0.2) is 4.79 Å². The zero-order chi connectivity index (χ0) is 14.7. The Labute approximate surface area is 116 Å². The summed E-state index contributed by atoms with van der Waals surface area (Å²) in [5, 5.41) is 9.10. The highest BCUT2D eigenvalue weighted by molar-refractivity contribution is 5.90. The van der Waals surface area contributed by atoms with E-state index in [1.807, 2.05) is 6.92 Å². The number of nitrogens with zero attached hydrogens (tertiary/aromatic N) is 2. The van der Waals surface area contributed by atoms with E-state index < -0.39 is 5.97 Å². The van der Waals surface area contributed by atoms with Crippen molar-refractivity contribution in [3.05, 3.63) is 41.1 Å². The molecule has 1 aromatic heterocycles. The fourth-order valence-corrected chi connectivity index (χ4v) is 1.65. The van der Waals surface area contributed by atoms with Crippen LogP contribution in [-0.2, 0) is 0 Å². The van der Waals surface area contributed by atoms with Crippen LogP contribution in [0.1, 0.15) is 21.6 Å². The second kappa shape index (κ2) is 5.56. The Morgan fingerprint density at radius 2 is 1.90 bits per heavy atom. The first-order chi connectivity index (χ1) is 9.52. The Morgan fingerprint density at radius 1 is 1.20 bits per heavy atom. The fourth-order valence-electron chi connectivity index (χ4n) is 1.65. The van der Waals surface area contributed by atoms with Crippen molar-refractivity contribution < 1.29 is 19.4 Å². The van der Waals surface area contributed by atoms with Gasteiger partial charge in [0.15, 0.2) is 0 Å². The molecule has 0 saturated heterocycles. The molecule has 6 nitrogen and oxygen atoms in total. The van der Waals surface area contributed by atoms with Gasteiger partial charge in [-0.1, -0.05) is 12.1 Å². The summed E-state index contributed by atoms with van der Waals surface area (Å²) in [6, 6.07) is 6.36. The van der Waals surface area contributed by atoms with Gasteiger partial charge < -0.3 is 14.6 Å². The molecule has 0 saturated carbocycles. The van der Waals surface area contributed by atoms with Crippen LogP contribution in [0.2, 0.25) is 0 Å². The van der Waals surface area contributed by atoms with Crippen molar-refractivity contribution in [3.8, 4) is 17.6 Å². The van der Waals surface area contributed by atoms with E-state index in [9.17, 15) is 4.79 Å². The Hall–Kier alpha value is -2.63. The largest absolute Gasteiger partial charge is 0.481 e. The molecule has 0 aliphatic carbocycles. The number of ether oxygens (including phenoxy) is 2.